The number of rotatable bonds is 15. The number of hydrogen-bond donors (Lipinski definition) is 3. The molecule has 0 aromatic heterocycles. The van der Waals surface area contributed by atoms with Crippen LogP contribution in [0.5, 0.6) is 5.75 Å². The molecule has 0 amide bonds. The van der Waals surface area contributed by atoms with Crippen LogP contribution in [0.2, 0.25) is 0 Å². The van der Waals surface area contributed by atoms with Gasteiger partial charge in [0, 0.05) is 6.42 Å². The van der Waals surface area contributed by atoms with Gasteiger partial charge < -0.3 is 25.0 Å². The van der Waals surface area contributed by atoms with E-state index in [2.05, 4.69) is 9.88 Å². The van der Waals surface area contributed by atoms with Gasteiger partial charge in [0.25, 0.3) is 0 Å². The summed E-state index contributed by atoms with van der Waals surface area (Å²) in [6.07, 6.45) is -2.42. The van der Waals surface area contributed by atoms with Crippen molar-refractivity contribution in [2.24, 2.45) is 0 Å². The minimum absolute atomic E-state index is 0.160. The zero-order valence-electron chi connectivity index (χ0n) is 18.3. The number of carbonyl (C=O) groups is 2. The molecule has 0 heterocycles. The monoisotopic (exact) mass is 471 g/mol. The summed E-state index contributed by atoms with van der Waals surface area (Å²) < 4.78 is 29.4. The summed E-state index contributed by atoms with van der Waals surface area (Å²) in [4.78, 5) is 26.9. The van der Waals surface area contributed by atoms with E-state index in [9.17, 15) is 24.4 Å². The van der Waals surface area contributed by atoms with Gasteiger partial charge in [0.2, 0.25) is 5.78 Å². The Labute approximate surface area is 186 Å². The highest BCUT2D eigenvalue weighted by Crippen LogP contribution is 2.45. The first-order chi connectivity index (χ1) is 15.1. The van der Waals surface area contributed by atoms with Crippen molar-refractivity contribution in [2.45, 2.75) is 64.4 Å². The number of esters is 1. The van der Waals surface area contributed by atoms with Gasteiger partial charge in [0.15, 0.2) is 0 Å². The van der Waals surface area contributed by atoms with Crippen LogP contribution in [-0.2, 0) is 23.4 Å². The molecule has 12 heteroatoms. The standard InChI is InChI=1S/C20H30N3O8P/c1-4-18(25)19(26)13-29-32(28,31-16-8-6-5-7-9-16)23-17(20(27)30-14(2)3)11-10-15(24)12-22-21/h5-9,12,14,17-19,25-26H,4,10-11,13H2,1-3H3,(H,23,28)/t17-,18+,19+,32?/m0/s1. The smallest absolute Gasteiger partial charge is 0.459 e. The summed E-state index contributed by atoms with van der Waals surface area (Å²) in [5, 5.41) is 22.2. The number of hydrogen-bond acceptors (Lipinski definition) is 8. The predicted molar refractivity (Wildman–Crippen MR) is 115 cm³/mol. The zero-order chi connectivity index (χ0) is 24.1. The Morgan fingerprint density at radius 3 is 2.44 bits per heavy atom. The van der Waals surface area contributed by atoms with E-state index in [1.54, 1.807) is 39.0 Å². The van der Waals surface area contributed by atoms with Crippen LogP contribution in [-0.4, -0.2) is 63.9 Å². The Balaban J connectivity index is 3.11. The van der Waals surface area contributed by atoms with Crippen LogP contribution in [0.4, 0.5) is 0 Å². The number of benzene rings is 1. The molecule has 0 radical (unpaired) electrons. The summed E-state index contributed by atoms with van der Waals surface area (Å²) in [6.45, 7) is 4.35. The van der Waals surface area contributed by atoms with Crippen molar-refractivity contribution in [3.8, 4) is 5.75 Å². The number of para-hydroxylation sites is 1. The molecule has 1 aromatic rings. The highest BCUT2D eigenvalue weighted by atomic mass is 31.2. The number of aliphatic hydroxyl groups is 2. The van der Waals surface area contributed by atoms with E-state index in [1.165, 1.54) is 12.1 Å². The van der Waals surface area contributed by atoms with Gasteiger partial charge in [-0.15, -0.1) is 0 Å². The lowest BCUT2D eigenvalue weighted by atomic mass is 10.1. The van der Waals surface area contributed by atoms with Crippen molar-refractivity contribution in [1.29, 1.82) is 0 Å². The first-order valence-electron chi connectivity index (χ1n) is 10.1. The van der Waals surface area contributed by atoms with Crippen molar-refractivity contribution < 1.29 is 42.9 Å². The molecule has 0 spiro atoms. The summed E-state index contributed by atoms with van der Waals surface area (Å²) in [5.41, 5.74) is 8.48. The SMILES string of the molecule is CC[C@@H](O)[C@H](O)COP(=O)(N[C@@H](CCC(=O)C=[N+]=[N-])C(=O)OC(C)C)Oc1ccccc1. The van der Waals surface area contributed by atoms with Crippen molar-refractivity contribution in [1.82, 2.24) is 5.09 Å². The normalized spacial score (nSPS) is 15.7. The average Bonchev–Trinajstić information content (AvgIpc) is 2.74. The van der Waals surface area contributed by atoms with Gasteiger partial charge in [0.1, 0.15) is 17.9 Å². The molecular weight excluding hydrogens is 441 g/mol. The molecule has 0 saturated carbocycles. The second-order valence-electron chi connectivity index (χ2n) is 7.16. The minimum Gasteiger partial charge on any atom is -0.462 e. The Hall–Kier alpha value is -2.39. The van der Waals surface area contributed by atoms with Crippen LogP contribution in [0.25, 0.3) is 5.53 Å². The maximum Gasteiger partial charge on any atom is 0.459 e. The number of ether oxygens (including phenoxy) is 1. The average molecular weight is 471 g/mol. The number of aliphatic hydroxyl groups excluding tert-OH is 2. The molecule has 0 aliphatic heterocycles. The van der Waals surface area contributed by atoms with Crippen LogP contribution < -0.4 is 9.61 Å². The van der Waals surface area contributed by atoms with Crippen LogP contribution in [0, 0.1) is 0 Å². The molecule has 11 nitrogen and oxygen atoms in total. The Morgan fingerprint density at radius 2 is 1.88 bits per heavy atom. The lowest BCUT2D eigenvalue weighted by Crippen LogP contribution is -2.40. The lowest BCUT2D eigenvalue weighted by Gasteiger charge is -2.26. The van der Waals surface area contributed by atoms with Crippen LogP contribution in [0.15, 0.2) is 30.3 Å². The summed E-state index contributed by atoms with van der Waals surface area (Å²) in [7, 11) is -4.29. The maximum absolute atomic E-state index is 13.5. The van der Waals surface area contributed by atoms with E-state index in [0.29, 0.717) is 6.21 Å². The largest absolute Gasteiger partial charge is 0.462 e. The second-order valence-corrected chi connectivity index (χ2v) is 8.85. The number of ketones is 1. The Bertz CT molecular complexity index is 829. The van der Waals surface area contributed by atoms with Gasteiger partial charge in [-0.2, -0.15) is 9.88 Å². The van der Waals surface area contributed by atoms with Gasteiger partial charge in [-0.05, 0) is 38.8 Å². The van der Waals surface area contributed by atoms with Gasteiger partial charge in [-0.3, -0.25) is 14.1 Å². The molecule has 0 saturated heterocycles. The van der Waals surface area contributed by atoms with Crippen molar-refractivity contribution >= 4 is 25.7 Å². The second kappa shape index (κ2) is 13.9. The van der Waals surface area contributed by atoms with E-state index in [0.717, 1.165) is 0 Å². The van der Waals surface area contributed by atoms with E-state index in [1.807, 2.05) is 0 Å². The van der Waals surface area contributed by atoms with E-state index >= 15 is 0 Å². The van der Waals surface area contributed by atoms with Crippen LogP contribution in [0.1, 0.15) is 40.0 Å². The van der Waals surface area contributed by atoms with Crippen LogP contribution in [0.3, 0.4) is 0 Å². The summed E-state index contributed by atoms with van der Waals surface area (Å²) >= 11 is 0. The quantitative estimate of drug-likeness (QED) is 0.114. The molecular formula is C20H30N3O8P. The number of nitrogens with one attached hydrogen (secondary N) is 1. The Kier molecular flexibility index (Phi) is 12.0. The molecule has 1 rings (SSSR count). The summed E-state index contributed by atoms with van der Waals surface area (Å²) in [5.74, 6) is -1.21. The lowest BCUT2D eigenvalue weighted by molar-refractivity contribution is -0.149. The first kappa shape index (κ1) is 27.6. The third-order valence-corrected chi connectivity index (χ3v) is 5.65. The molecule has 1 unspecified atom stereocenters. The predicted octanol–water partition coefficient (Wildman–Crippen LogP) is 1.88. The van der Waals surface area contributed by atoms with Gasteiger partial charge in [-0.25, -0.2) is 4.57 Å². The molecule has 0 fully saturated rings. The fraction of sp³-hybridized carbons (Fsp3) is 0.550. The first-order valence-corrected chi connectivity index (χ1v) is 11.7. The van der Waals surface area contributed by atoms with E-state index < -0.39 is 50.5 Å². The van der Waals surface area contributed by atoms with Crippen molar-refractivity contribution in [2.75, 3.05) is 6.61 Å². The molecule has 1 aromatic carbocycles. The highest BCUT2D eigenvalue weighted by Gasteiger charge is 2.36. The topological polar surface area (TPSA) is 168 Å². The highest BCUT2D eigenvalue weighted by molar-refractivity contribution is 7.52. The molecule has 0 aliphatic carbocycles. The van der Waals surface area contributed by atoms with Crippen molar-refractivity contribution in [3.63, 3.8) is 0 Å². The maximum atomic E-state index is 13.5. The van der Waals surface area contributed by atoms with E-state index in [4.69, 9.17) is 19.3 Å². The molecule has 0 aliphatic rings. The molecule has 0 bridgehead atoms. The third-order valence-electron chi connectivity index (χ3n) is 4.08. The van der Waals surface area contributed by atoms with Crippen LogP contribution >= 0.6 is 7.75 Å². The fourth-order valence-electron chi connectivity index (χ4n) is 2.42. The van der Waals surface area contributed by atoms with Gasteiger partial charge >= 0.3 is 19.9 Å². The van der Waals surface area contributed by atoms with Crippen molar-refractivity contribution in [3.05, 3.63) is 35.9 Å². The number of carbonyl (C=O) groups excluding carboxylic acids is 2. The number of Topliss-reactive ketones (excluding diaryl/α,β-unsaturated/α-hetero) is 1. The molecule has 3 N–H and O–H groups in total. The molecule has 4 atom stereocenters. The van der Waals surface area contributed by atoms with Gasteiger partial charge in [0.05, 0.1) is 18.8 Å². The minimum atomic E-state index is -4.29. The summed E-state index contributed by atoms with van der Waals surface area (Å²) in [6, 6.07) is 6.72. The Morgan fingerprint density at radius 1 is 1.22 bits per heavy atom. The number of nitrogens with zero attached hydrogens (tertiary/aromatic N) is 2. The van der Waals surface area contributed by atoms with Gasteiger partial charge in [-0.1, -0.05) is 25.1 Å². The molecule has 32 heavy (non-hydrogen) atoms. The fourth-order valence-corrected chi connectivity index (χ4v) is 3.97. The zero-order valence-corrected chi connectivity index (χ0v) is 19.2. The third kappa shape index (κ3) is 10.3. The van der Waals surface area contributed by atoms with E-state index in [-0.39, 0.29) is 25.0 Å². The molecule has 178 valence electrons.